The Hall–Kier alpha value is -1.00. The summed E-state index contributed by atoms with van der Waals surface area (Å²) in [6.45, 7) is 2.53. The van der Waals surface area contributed by atoms with Gasteiger partial charge in [-0.2, -0.15) is 0 Å². The van der Waals surface area contributed by atoms with E-state index in [0.29, 0.717) is 13.0 Å². The molecule has 0 saturated heterocycles. The fraction of sp³-hybridized carbons (Fsp3) is 0.562. The summed E-state index contributed by atoms with van der Waals surface area (Å²) in [6, 6.07) is 8.18. The molecule has 1 aromatic carbocycles. The summed E-state index contributed by atoms with van der Waals surface area (Å²) in [5.41, 5.74) is 6.40. The van der Waals surface area contributed by atoms with Gasteiger partial charge in [0.1, 0.15) is 0 Å². The number of anilines is 1. The second-order valence-electron chi connectivity index (χ2n) is 5.64. The number of nitrogens with two attached hydrogens (primary N) is 1. The summed E-state index contributed by atoms with van der Waals surface area (Å²) in [5, 5.41) is 3.70. The molecule has 0 spiro atoms. The number of rotatable bonds is 6. The van der Waals surface area contributed by atoms with Gasteiger partial charge in [0.2, 0.25) is 5.91 Å². The zero-order valence-electron chi connectivity index (χ0n) is 12.1. The number of thioether (sulfide) groups is 1. The molecular formula is C16H24N2OS. The highest BCUT2D eigenvalue weighted by molar-refractivity contribution is 8.00. The minimum absolute atomic E-state index is 0.0409. The number of nitrogens with one attached hydrogen (secondary N) is 1. The molecular weight excluding hydrogens is 268 g/mol. The first-order chi connectivity index (χ1) is 9.67. The summed E-state index contributed by atoms with van der Waals surface area (Å²) in [5.74, 6) is 0.270. The molecule has 2 rings (SSSR count). The lowest BCUT2D eigenvalue weighted by Crippen LogP contribution is -2.20. The van der Waals surface area contributed by atoms with Crippen molar-refractivity contribution < 1.29 is 4.79 Å². The second kappa shape index (κ2) is 7.70. The van der Waals surface area contributed by atoms with Crippen LogP contribution in [0.15, 0.2) is 29.2 Å². The lowest BCUT2D eigenvalue weighted by Gasteiger charge is -2.11. The Morgan fingerprint density at radius 1 is 1.35 bits per heavy atom. The van der Waals surface area contributed by atoms with Crippen molar-refractivity contribution in [3.63, 3.8) is 0 Å². The largest absolute Gasteiger partial charge is 0.330 e. The number of hydrogen-bond acceptors (Lipinski definition) is 3. The number of carbonyl (C=O) groups is 1. The lowest BCUT2D eigenvalue weighted by molar-refractivity contribution is -0.116. The summed E-state index contributed by atoms with van der Waals surface area (Å²) in [6.07, 6.45) is 5.88. The summed E-state index contributed by atoms with van der Waals surface area (Å²) in [7, 11) is 0. The monoisotopic (exact) mass is 292 g/mol. The molecule has 3 N–H and O–H groups in total. The molecule has 1 aliphatic carbocycles. The number of hydrogen-bond donors (Lipinski definition) is 2. The van der Waals surface area contributed by atoms with Crippen LogP contribution in [0.1, 0.15) is 39.0 Å². The molecule has 0 heterocycles. The highest BCUT2D eigenvalue weighted by Gasteiger charge is 2.16. The molecule has 1 fully saturated rings. The summed E-state index contributed by atoms with van der Waals surface area (Å²) in [4.78, 5) is 13.1. The third kappa shape index (κ3) is 4.84. The molecule has 1 saturated carbocycles. The average molecular weight is 292 g/mol. The van der Waals surface area contributed by atoms with Gasteiger partial charge in [0.15, 0.2) is 0 Å². The van der Waals surface area contributed by atoms with E-state index in [1.54, 1.807) is 0 Å². The van der Waals surface area contributed by atoms with Crippen molar-refractivity contribution in [2.24, 2.45) is 11.7 Å². The molecule has 0 radical (unpaired) electrons. The predicted molar refractivity (Wildman–Crippen MR) is 86.0 cm³/mol. The van der Waals surface area contributed by atoms with Crippen LogP contribution in [0.2, 0.25) is 0 Å². The Kier molecular flexibility index (Phi) is 5.92. The van der Waals surface area contributed by atoms with Gasteiger partial charge in [-0.15, -0.1) is 11.8 Å². The maximum absolute atomic E-state index is 11.8. The van der Waals surface area contributed by atoms with Gasteiger partial charge in [0.25, 0.3) is 0 Å². The first-order valence-corrected chi connectivity index (χ1v) is 8.32. The van der Waals surface area contributed by atoms with Crippen molar-refractivity contribution in [1.29, 1.82) is 0 Å². The SMILES string of the molecule is CC(CN)CC(=O)Nc1ccc(SC2CCCC2)cc1. The minimum Gasteiger partial charge on any atom is -0.330 e. The number of carbonyl (C=O) groups excluding carboxylic acids is 1. The molecule has 1 aromatic rings. The van der Waals surface area contributed by atoms with E-state index in [-0.39, 0.29) is 11.8 Å². The van der Waals surface area contributed by atoms with E-state index in [9.17, 15) is 4.79 Å². The fourth-order valence-corrected chi connectivity index (χ4v) is 3.67. The molecule has 110 valence electrons. The van der Waals surface area contributed by atoms with Crippen LogP contribution < -0.4 is 11.1 Å². The molecule has 1 atom stereocenters. The molecule has 0 bridgehead atoms. The van der Waals surface area contributed by atoms with Crippen molar-refractivity contribution in [2.45, 2.75) is 49.2 Å². The average Bonchev–Trinajstić information content (AvgIpc) is 2.93. The minimum atomic E-state index is 0.0409. The van der Waals surface area contributed by atoms with E-state index in [1.165, 1.54) is 30.6 Å². The van der Waals surface area contributed by atoms with Crippen LogP contribution in [0.4, 0.5) is 5.69 Å². The summed E-state index contributed by atoms with van der Waals surface area (Å²) >= 11 is 1.96. The van der Waals surface area contributed by atoms with Gasteiger partial charge in [-0.3, -0.25) is 4.79 Å². The van der Waals surface area contributed by atoms with Crippen LogP contribution in [0.5, 0.6) is 0 Å². The van der Waals surface area contributed by atoms with E-state index in [2.05, 4.69) is 17.4 Å². The van der Waals surface area contributed by atoms with Gasteiger partial charge < -0.3 is 11.1 Å². The van der Waals surface area contributed by atoms with Crippen LogP contribution in [-0.2, 0) is 4.79 Å². The maximum atomic E-state index is 11.8. The van der Waals surface area contributed by atoms with Crippen molar-refractivity contribution in [2.75, 3.05) is 11.9 Å². The molecule has 1 amide bonds. The van der Waals surface area contributed by atoms with Gasteiger partial charge in [-0.05, 0) is 49.6 Å². The molecule has 4 heteroatoms. The quantitative estimate of drug-likeness (QED) is 0.841. The maximum Gasteiger partial charge on any atom is 0.224 e. The predicted octanol–water partition coefficient (Wildman–Crippen LogP) is 3.64. The van der Waals surface area contributed by atoms with Gasteiger partial charge >= 0.3 is 0 Å². The van der Waals surface area contributed by atoms with E-state index in [4.69, 9.17) is 5.73 Å². The first-order valence-electron chi connectivity index (χ1n) is 7.44. The molecule has 1 aliphatic rings. The van der Waals surface area contributed by atoms with Crippen LogP contribution in [0.3, 0.4) is 0 Å². The zero-order chi connectivity index (χ0) is 14.4. The second-order valence-corrected chi connectivity index (χ2v) is 7.02. The molecule has 1 unspecified atom stereocenters. The lowest BCUT2D eigenvalue weighted by atomic mass is 10.1. The van der Waals surface area contributed by atoms with E-state index >= 15 is 0 Å². The normalized spacial score (nSPS) is 17.1. The van der Waals surface area contributed by atoms with E-state index < -0.39 is 0 Å². The van der Waals surface area contributed by atoms with Crippen LogP contribution >= 0.6 is 11.8 Å². The number of amides is 1. The standard InChI is InChI=1S/C16H24N2OS/c1-12(11-17)10-16(19)18-13-6-8-15(9-7-13)20-14-4-2-3-5-14/h6-9,12,14H,2-5,10-11,17H2,1H3,(H,18,19). The van der Waals surface area contributed by atoms with E-state index in [1.807, 2.05) is 30.8 Å². The van der Waals surface area contributed by atoms with Gasteiger partial charge in [-0.1, -0.05) is 19.8 Å². The summed E-state index contributed by atoms with van der Waals surface area (Å²) < 4.78 is 0. The Labute approximate surface area is 125 Å². The topological polar surface area (TPSA) is 55.1 Å². The van der Waals surface area contributed by atoms with Crippen LogP contribution in [-0.4, -0.2) is 17.7 Å². The Morgan fingerprint density at radius 3 is 2.60 bits per heavy atom. The fourth-order valence-electron chi connectivity index (χ4n) is 2.43. The van der Waals surface area contributed by atoms with Crippen molar-refractivity contribution in [1.82, 2.24) is 0 Å². The zero-order valence-corrected chi connectivity index (χ0v) is 12.9. The molecule has 3 nitrogen and oxygen atoms in total. The Bertz CT molecular complexity index is 427. The van der Waals surface area contributed by atoms with Crippen LogP contribution in [0, 0.1) is 5.92 Å². The third-order valence-corrected chi connectivity index (χ3v) is 5.03. The third-order valence-electron chi connectivity index (χ3n) is 3.68. The van der Waals surface area contributed by atoms with Crippen molar-refractivity contribution in [3.8, 4) is 0 Å². The Balaban J connectivity index is 1.83. The van der Waals surface area contributed by atoms with Gasteiger partial charge in [-0.25, -0.2) is 0 Å². The van der Waals surface area contributed by atoms with E-state index in [0.717, 1.165) is 10.9 Å². The molecule has 20 heavy (non-hydrogen) atoms. The van der Waals surface area contributed by atoms with Crippen molar-refractivity contribution in [3.05, 3.63) is 24.3 Å². The molecule has 0 aromatic heterocycles. The molecule has 0 aliphatic heterocycles. The van der Waals surface area contributed by atoms with Gasteiger partial charge in [0, 0.05) is 22.3 Å². The number of benzene rings is 1. The smallest absolute Gasteiger partial charge is 0.224 e. The van der Waals surface area contributed by atoms with Gasteiger partial charge in [0.05, 0.1) is 0 Å². The Morgan fingerprint density at radius 2 is 2.00 bits per heavy atom. The highest BCUT2D eigenvalue weighted by Crippen LogP contribution is 2.34. The first kappa shape index (κ1) is 15.4. The van der Waals surface area contributed by atoms with Crippen molar-refractivity contribution >= 4 is 23.4 Å². The highest BCUT2D eigenvalue weighted by atomic mass is 32.2. The van der Waals surface area contributed by atoms with Crippen LogP contribution in [0.25, 0.3) is 0 Å².